The maximum atomic E-state index is 11.8. The maximum Gasteiger partial charge on any atom is 0.220 e. The van der Waals surface area contributed by atoms with Crippen LogP contribution in [0.4, 0.5) is 0 Å². The average molecular weight is 256 g/mol. The number of piperidine rings is 1. The molecular formula is C14H28N2O2. The topological polar surface area (TPSA) is 61.4 Å². The van der Waals surface area contributed by atoms with Gasteiger partial charge in [0.05, 0.1) is 12.6 Å². The summed E-state index contributed by atoms with van der Waals surface area (Å²) in [7, 11) is 0. The monoisotopic (exact) mass is 256 g/mol. The first kappa shape index (κ1) is 15.4. The first-order chi connectivity index (χ1) is 8.61. The highest BCUT2D eigenvalue weighted by Crippen LogP contribution is 2.12. The van der Waals surface area contributed by atoms with Gasteiger partial charge in [-0.2, -0.15) is 0 Å². The van der Waals surface area contributed by atoms with Gasteiger partial charge >= 0.3 is 0 Å². The van der Waals surface area contributed by atoms with Gasteiger partial charge in [0.25, 0.3) is 0 Å². The van der Waals surface area contributed by atoms with Crippen molar-refractivity contribution in [1.82, 2.24) is 10.6 Å². The molecule has 1 aliphatic heterocycles. The standard InChI is InChI=1S/C14H28N2O2/c1-11(2)9-13(10-17)16-14(18)7-6-12-5-3-4-8-15-12/h11-13,15,17H,3-10H2,1-2H3,(H,16,18). The lowest BCUT2D eigenvalue weighted by Gasteiger charge is -2.24. The molecule has 0 aromatic rings. The highest BCUT2D eigenvalue weighted by atomic mass is 16.3. The molecule has 3 N–H and O–H groups in total. The molecule has 106 valence electrons. The number of rotatable bonds is 7. The van der Waals surface area contributed by atoms with Crippen LogP contribution in [0.5, 0.6) is 0 Å². The summed E-state index contributed by atoms with van der Waals surface area (Å²) in [5, 5.41) is 15.6. The second kappa shape index (κ2) is 8.48. The Labute approximate surface area is 111 Å². The lowest BCUT2D eigenvalue weighted by atomic mass is 10.00. The van der Waals surface area contributed by atoms with Crippen molar-refractivity contribution < 1.29 is 9.90 Å². The Kier molecular flexibility index (Phi) is 7.28. The quantitative estimate of drug-likeness (QED) is 0.646. The van der Waals surface area contributed by atoms with E-state index in [9.17, 15) is 9.90 Å². The van der Waals surface area contributed by atoms with E-state index < -0.39 is 0 Å². The summed E-state index contributed by atoms with van der Waals surface area (Å²) in [6.45, 7) is 5.31. The van der Waals surface area contributed by atoms with Crippen molar-refractivity contribution >= 4 is 5.91 Å². The Hall–Kier alpha value is -0.610. The average Bonchev–Trinajstić information content (AvgIpc) is 2.36. The Morgan fingerprint density at radius 1 is 1.44 bits per heavy atom. The SMILES string of the molecule is CC(C)CC(CO)NC(=O)CCC1CCCCN1. The van der Waals surface area contributed by atoms with Crippen LogP contribution >= 0.6 is 0 Å². The molecule has 4 heteroatoms. The van der Waals surface area contributed by atoms with Crippen LogP contribution in [0.25, 0.3) is 0 Å². The second-order valence-corrected chi connectivity index (χ2v) is 5.76. The highest BCUT2D eigenvalue weighted by Gasteiger charge is 2.16. The molecule has 1 aliphatic rings. The number of hydrogen-bond acceptors (Lipinski definition) is 3. The summed E-state index contributed by atoms with van der Waals surface area (Å²) in [6.07, 6.45) is 6.01. The summed E-state index contributed by atoms with van der Waals surface area (Å²) >= 11 is 0. The van der Waals surface area contributed by atoms with E-state index in [1.807, 2.05) is 0 Å². The van der Waals surface area contributed by atoms with Crippen LogP contribution in [-0.4, -0.2) is 36.2 Å². The van der Waals surface area contributed by atoms with Crippen LogP contribution in [0.2, 0.25) is 0 Å². The van der Waals surface area contributed by atoms with Gasteiger partial charge in [-0.15, -0.1) is 0 Å². The van der Waals surface area contributed by atoms with Crippen LogP contribution in [-0.2, 0) is 4.79 Å². The van der Waals surface area contributed by atoms with E-state index in [1.165, 1.54) is 19.3 Å². The van der Waals surface area contributed by atoms with Crippen molar-refractivity contribution in [2.24, 2.45) is 5.92 Å². The smallest absolute Gasteiger partial charge is 0.220 e. The third-order valence-corrected chi connectivity index (χ3v) is 3.47. The van der Waals surface area contributed by atoms with E-state index in [0.29, 0.717) is 18.4 Å². The number of carbonyl (C=O) groups excluding carboxylic acids is 1. The van der Waals surface area contributed by atoms with Gasteiger partial charge in [0.15, 0.2) is 0 Å². The fourth-order valence-corrected chi connectivity index (χ4v) is 2.52. The summed E-state index contributed by atoms with van der Waals surface area (Å²) in [5.74, 6) is 0.560. The number of aliphatic hydroxyl groups excluding tert-OH is 1. The molecule has 2 unspecified atom stereocenters. The number of hydrogen-bond donors (Lipinski definition) is 3. The van der Waals surface area contributed by atoms with Crippen molar-refractivity contribution in [2.75, 3.05) is 13.2 Å². The molecule has 0 bridgehead atoms. The molecule has 1 fully saturated rings. The first-order valence-corrected chi connectivity index (χ1v) is 7.25. The van der Waals surface area contributed by atoms with Crippen molar-refractivity contribution in [3.05, 3.63) is 0 Å². The van der Waals surface area contributed by atoms with Gasteiger partial charge in [0.2, 0.25) is 5.91 Å². The zero-order valence-corrected chi connectivity index (χ0v) is 11.7. The fraction of sp³-hybridized carbons (Fsp3) is 0.929. The van der Waals surface area contributed by atoms with Crippen LogP contribution in [0, 0.1) is 5.92 Å². The van der Waals surface area contributed by atoms with Gasteiger partial charge in [-0.1, -0.05) is 20.3 Å². The van der Waals surface area contributed by atoms with Crippen molar-refractivity contribution in [1.29, 1.82) is 0 Å². The lowest BCUT2D eigenvalue weighted by molar-refractivity contribution is -0.122. The van der Waals surface area contributed by atoms with Gasteiger partial charge < -0.3 is 15.7 Å². The normalized spacial score (nSPS) is 21.9. The molecule has 0 radical (unpaired) electrons. The zero-order valence-electron chi connectivity index (χ0n) is 11.7. The Balaban J connectivity index is 2.18. The molecule has 2 atom stereocenters. The molecule has 1 amide bonds. The molecule has 4 nitrogen and oxygen atoms in total. The van der Waals surface area contributed by atoms with Crippen LogP contribution in [0.15, 0.2) is 0 Å². The van der Waals surface area contributed by atoms with Crippen LogP contribution in [0.3, 0.4) is 0 Å². The lowest BCUT2D eigenvalue weighted by Crippen LogP contribution is -2.40. The number of aliphatic hydroxyl groups is 1. The minimum atomic E-state index is -0.0863. The fourth-order valence-electron chi connectivity index (χ4n) is 2.52. The molecule has 18 heavy (non-hydrogen) atoms. The minimum absolute atomic E-state index is 0.0333. The van der Waals surface area contributed by atoms with Crippen molar-refractivity contribution in [3.8, 4) is 0 Å². The molecule has 0 aliphatic carbocycles. The zero-order chi connectivity index (χ0) is 13.4. The van der Waals surface area contributed by atoms with E-state index in [0.717, 1.165) is 19.4 Å². The minimum Gasteiger partial charge on any atom is -0.394 e. The highest BCUT2D eigenvalue weighted by molar-refractivity contribution is 5.76. The van der Waals surface area contributed by atoms with Gasteiger partial charge in [0.1, 0.15) is 0 Å². The second-order valence-electron chi connectivity index (χ2n) is 5.76. The molecule has 0 aromatic carbocycles. The molecule has 1 saturated heterocycles. The summed E-state index contributed by atoms with van der Waals surface area (Å²) < 4.78 is 0. The van der Waals surface area contributed by atoms with E-state index in [-0.39, 0.29) is 18.6 Å². The van der Waals surface area contributed by atoms with Gasteiger partial charge in [0, 0.05) is 12.5 Å². The van der Waals surface area contributed by atoms with Gasteiger partial charge in [-0.05, 0) is 38.1 Å². The van der Waals surface area contributed by atoms with E-state index in [2.05, 4.69) is 24.5 Å². The van der Waals surface area contributed by atoms with E-state index >= 15 is 0 Å². The summed E-state index contributed by atoms with van der Waals surface area (Å²) in [5.41, 5.74) is 0. The molecule has 1 heterocycles. The van der Waals surface area contributed by atoms with E-state index in [1.54, 1.807) is 0 Å². The Morgan fingerprint density at radius 3 is 2.78 bits per heavy atom. The summed E-state index contributed by atoms with van der Waals surface area (Å²) in [4.78, 5) is 11.8. The number of amides is 1. The predicted molar refractivity (Wildman–Crippen MR) is 73.3 cm³/mol. The largest absolute Gasteiger partial charge is 0.394 e. The van der Waals surface area contributed by atoms with Crippen molar-refractivity contribution in [2.45, 2.75) is 64.5 Å². The van der Waals surface area contributed by atoms with Crippen LogP contribution < -0.4 is 10.6 Å². The van der Waals surface area contributed by atoms with Gasteiger partial charge in [-0.25, -0.2) is 0 Å². The summed E-state index contributed by atoms with van der Waals surface area (Å²) in [6, 6.07) is 0.416. The molecular weight excluding hydrogens is 228 g/mol. The third-order valence-electron chi connectivity index (χ3n) is 3.47. The molecule has 0 saturated carbocycles. The maximum absolute atomic E-state index is 11.8. The van der Waals surface area contributed by atoms with E-state index in [4.69, 9.17) is 0 Å². The Morgan fingerprint density at radius 2 is 2.22 bits per heavy atom. The molecule has 1 rings (SSSR count). The number of carbonyl (C=O) groups is 1. The predicted octanol–water partition coefficient (Wildman–Crippen LogP) is 1.43. The molecule has 0 aromatic heterocycles. The molecule has 0 spiro atoms. The third kappa shape index (κ3) is 6.36. The first-order valence-electron chi connectivity index (χ1n) is 7.25. The van der Waals surface area contributed by atoms with Gasteiger partial charge in [-0.3, -0.25) is 4.79 Å². The Bertz CT molecular complexity index is 238. The number of nitrogens with one attached hydrogen (secondary N) is 2. The van der Waals surface area contributed by atoms with Crippen LogP contribution in [0.1, 0.15) is 52.4 Å². The van der Waals surface area contributed by atoms with Crippen molar-refractivity contribution in [3.63, 3.8) is 0 Å².